The van der Waals surface area contributed by atoms with Crippen LogP contribution in [0.4, 0.5) is 0 Å². The molecule has 5 aromatic rings. The number of fused-ring (bicyclic) bond motifs is 4. The van der Waals surface area contributed by atoms with E-state index in [0.29, 0.717) is 35.1 Å². The Bertz CT molecular complexity index is 1940. The molecule has 9 nitrogen and oxygen atoms in total. The SMILES string of the molecule is COc1cc(C(=O)N2CC3CCC2[C@@H]3C)cc2nc(-c3cc4ccc(-c5cnc(O)cc5C)nc4n3CC3CC3)n(C)c12. The van der Waals surface area contributed by atoms with Gasteiger partial charge in [-0.15, -0.1) is 0 Å². The topological polar surface area (TPSA) is 98.3 Å². The molecule has 1 amide bonds. The van der Waals surface area contributed by atoms with Crippen LogP contribution in [-0.4, -0.2) is 59.7 Å². The summed E-state index contributed by atoms with van der Waals surface area (Å²) in [5.74, 6) is 3.33. The monoisotopic (exact) mass is 576 g/mol. The van der Waals surface area contributed by atoms with Crippen molar-refractivity contribution in [2.45, 2.75) is 52.1 Å². The summed E-state index contributed by atoms with van der Waals surface area (Å²) in [5.41, 5.74) is 6.78. The molecule has 1 N–H and O–H groups in total. The van der Waals surface area contributed by atoms with Crippen molar-refractivity contribution in [3.8, 4) is 34.4 Å². The molecule has 3 fully saturated rings. The first-order valence-electron chi connectivity index (χ1n) is 15.3. The summed E-state index contributed by atoms with van der Waals surface area (Å²) in [6.07, 6.45) is 6.41. The average molecular weight is 577 g/mol. The molecule has 9 heteroatoms. The third kappa shape index (κ3) is 4.12. The molecule has 5 heterocycles. The van der Waals surface area contributed by atoms with Gasteiger partial charge in [0.2, 0.25) is 5.88 Å². The van der Waals surface area contributed by atoms with Crippen molar-refractivity contribution < 1.29 is 14.6 Å². The van der Waals surface area contributed by atoms with E-state index in [-0.39, 0.29) is 11.8 Å². The number of imidazole rings is 1. The number of hydrogen-bond acceptors (Lipinski definition) is 6. The Hall–Kier alpha value is -4.40. The highest BCUT2D eigenvalue weighted by molar-refractivity contribution is 6.00. The number of rotatable bonds is 6. The van der Waals surface area contributed by atoms with Crippen LogP contribution in [0.5, 0.6) is 11.6 Å². The molecule has 3 atom stereocenters. The van der Waals surface area contributed by atoms with Gasteiger partial charge in [0.05, 0.1) is 24.0 Å². The van der Waals surface area contributed by atoms with E-state index in [9.17, 15) is 9.90 Å². The lowest BCUT2D eigenvalue weighted by atomic mass is 10.0. The van der Waals surface area contributed by atoms with E-state index < -0.39 is 0 Å². The molecule has 2 unspecified atom stereocenters. The second kappa shape index (κ2) is 9.56. The molecule has 1 saturated heterocycles. The van der Waals surface area contributed by atoms with Crippen molar-refractivity contribution in [3.05, 3.63) is 53.7 Å². The molecule has 0 spiro atoms. The Morgan fingerprint density at radius 1 is 1.09 bits per heavy atom. The molecule has 4 aromatic heterocycles. The Morgan fingerprint density at radius 2 is 1.93 bits per heavy atom. The Balaban J connectivity index is 1.25. The van der Waals surface area contributed by atoms with Crippen molar-refractivity contribution >= 4 is 28.0 Å². The number of methoxy groups -OCH3 is 1. The van der Waals surface area contributed by atoms with Crippen LogP contribution in [0.25, 0.3) is 44.8 Å². The zero-order valence-electron chi connectivity index (χ0n) is 25.0. The number of nitrogens with zero attached hydrogens (tertiary/aromatic N) is 6. The number of aryl methyl sites for hydroxylation is 2. The number of likely N-dealkylation sites (tertiary alicyclic amines) is 1. The lowest BCUT2D eigenvalue weighted by Crippen LogP contribution is -2.38. The smallest absolute Gasteiger partial charge is 0.254 e. The minimum atomic E-state index is 0.00563. The van der Waals surface area contributed by atoms with Crippen LogP contribution in [0.2, 0.25) is 0 Å². The summed E-state index contributed by atoms with van der Waals surface area (Å²) in [5, 5.41) is 10.9. The first kappa shape index (κ1) is 26.2. The second-order valence-electron chi connectivity index (χ2n) is 12.8. The number of aromatic hydroxyl groups is 1. The number of benzene rings is 1. The van der Waals surface area contributed by atoms with Crippen LogP contribution in [0.1, 0.15) is 48.5 Å². The van der Waals surface area contributed by atoms with E-state index >= 15 is 0 Å². The highest BCUT2D eigenvalue weighted by atomic mass is 16.5. The summed E-state index contributed by atoms with van der Waals surface area (Å²) < 4.78 is 10.2. The molecule has 8 rings (SSSR count). The number of pyridine rings is 2. The number of hydrogen-bond donors (Lipinski definition) is 1. The van der Waals surface area contributed by atoms with E-state index in [4.69, 9.17) is 14.7 Å². The van der Waals surface area contributed by atoms with Crippen molar-refractivity contribution in [1.82, 2.24) is 29.0 Å². The normalized spacial score (nSPS) is 21.4. The Labute approximate surface area is 250 Å². The van der Waals surface area contributed by atoms with Crippen LogP contribution < -0.4 is 4.74 Å². The summed E-state index contributed by atoms with van der Waals surface area (Å²) in [4.78, 5) is 30.2. The number of piperidine rings is 1. The van der Waals surface area contributed by atoms with Gasteiger partial charge in [0.1, 0.15) is 16.9 Å². The number of ether oxygens (including phenoxy) is 1. The molecule has 3 aliphatic rings. The Kier molecular flexibility index (Phi) is 5.83. The summed E-state index contributed by atoms with van der Waals surface area (Å²) in [6, 6.07) is 12.1. The van der Waals surface area contributed by atoms with Gasteiger partial charge in [0, 0.05) is 55.0 Å². The van der Waals surface area contributed by atoms with Crippen LogP contribution in [0, 0.1) is 24.7 Å². The molecule has 43 heavy (non-hydrogen) atoms. The number of aromatic nitrogens is 5. The molecule has 2 aliphatic carbocycles. The van der Waals surface area contributed by atoms with Crippen molar-refractivity contribution in [1.29, 1.82) is 0 Å². The van der Waals surface area contributed by atoms with E-state index in [0.717, 1.165) is 69.9 Å². The summed E-state index contributed by atoms with van der Waals surface area (Å²) >= 11 is 0. The quantitative estimate of drug-likeness (QED) is 0.268. The van der Waals surface area contributed by atoms with E-state index in [2.05, 4.69) is 38.1 Å². The number of amides is 1. The largest absolute Gasteiger partial charge is 0.494 e. The van der Waals surface area contributed by atoms with Gasteiger partial charge in [-0.1, -0.05) is 6.92 Å². The van der Waals surface area contributed by atoms with Gasteiger partial charge in [0.25, 0.3) is 5.91 Å². The minimum Gasteiger partial charge on any atom is -0.494 e. The molecular weight excluding hydrogens is 540 g/mol. The van der Waals surface area contributed by atoms with Gasteiger partial charge >= 0.3 is 0 Å². The van der Waals surface area contributed by atoms with Crippen LogP contribution in [0.3, 0.4) is 0 Å². The van der Waals surface area contributed by atoms with Crippen molar-refractivity contribution in [2.75, 3.05) is 13.7 Å². The fourth-order valence-corrected chi connectivity index (χ4v) is 7.54. The Morgan fingerprint density at radius 3 is 2.63 bits per heavy atom. The van der Waals surface area contributed by atoms with E-state index in [1.165, 1.54) is 19.3 Å². The number of carbonyl (C=O) groups excluding carboxylic acids is 1. The fraction of sp³-hybridized carbons (Fsp3) is 0.412. The average Bonchev–Trinajstić information content (AvgIpc) is 3.41. The molecule has 2 saturated carbocycles. The molecule has 1 aliphatic heterocycles. The molecule has 1 aromatic carbocycles. The van der Waals surface area contributed by atoms with E-state index in [1.54, 1.807) is 19.4 Å². The van der Waals surface area contributed by atoms with Gasteiger partial charge in [0.15, 0.2) is 5.82 Å². The third-order valence-corrected chi connectivity index (χ3v) is 10.2. The lowest BCUT2D eigenvalue weighted by Gasteiger charge is -2.27. The van der Waals surface area contributed by atoms with Crippen molar-refractivity contribution in [2.24, 2.45) is 24.8 Å². The lowest BCUT2D eigenvalue weighted by molar-refractivity contribution is 0.0696. The predicted molar refractivity (Wildman–Crippen MR) is 165 cm³/mol. The highest BCUT2D eigenvalue weighted by Crippen LogP contribution is 2.44. The summed E-state index contributed by atoms with van der Waals surface area (Å²) in [6.45, 7) is 5.94. The van der Waals surface area contributed by atoms with Gasteiger partial charge in [-0.25, -0.2) is 15.0 Å². The van der Waals surface area contributed by atoms with Crippen LogP contribution >= 0.6 is 0 Å². The molecule has 220 valence electrons. The van der Waals surface area contributed by atoms with Gasteiger partial charge in [-0.3, -0.25) is 4.79 Å². The first-order chi connectivity index (χ1) is 20.8. The van der Waals surface area contributed by atoms with Crippen molar-refractivity contribution in [3.63, 3.8) is 0 Å². The maximum absolute atomic E-state index is 13.8. The third-order valence-electron chi connectivity index (χ3n) is 10.2. The number of carbonyl (C=O) groups is 1. The standard InChI is InChI=1S/C34H36N6O3/c1-18-11-30(41)35-15-24(18)25-9-7-21-13-28(39(32(21)36-25)16-20-5-6-20)33-37-26-12-23(14-29(43-4)31(26)38(33)3)34(42)40-17-22-8-10-27(40)19(22)2/h7,9,11-15,19-20,22,27H,5-6,8,10,16-17H2,1-4H3,(H,35,41)/t19-,22?,27?/m1/s1. The van der Waals surface area contributed by atoms with Crippen LogP contribution in [-0.2, 0) is 13.6 Å². The van der Waals surface area contributed by atoms with Gasteiger partial charge < -0.3 is 23.9 Å². The predicted octanol–water partition coefficient (Wildman–Crippen LogP) is 5.96. The maximum atomic E-state index is 13.8. The second-order valence-corrected chi connectivity index (χ2v) is 12.8. The first-order valence-corrected chi connectivity index (χ1v) is 15.3. The zero-order valence-corrected chi connectivity index (χ0v) is 25.0. The van der Waals surface area contributed by atoms with E-state index in [1.807, 2.05) is 32.2 Å². The molecule has 2 bridgehead atoms. The maximum Gasteiger partial charge on any atom is 0.254 e. The minimum absolute atomic E-state index is 0.00563. The van der Waals surface area contributed by atoms with Gasteiger partial charge in [-0.05, 0) is 86.3 Å². The highest BCUT2D eigenvalue weighted by Gasteiger charge is 2.46. The fourth-order valence-electron chi connectivity index (χ4n) is 7.54. The molecule has 0 radical (unpaired) electrons. The zero-order chi connectivity index (χ0) is 29.6. The van der Waals surface area contributed by atoms with Crippen LogP contribution in [0.15, 0.2) is 42.6 Å². The van der Waals surface area contributed by atoms with Gasteiger partial charge in [-0.2, -0.15) is 0 Å². The summed E-state index contributed by atoms with van der Waals surface area (Å²) in [7, 11) is 3.67. The molecular formula is C34H36N6O3.